The van der Waals surface area contributed by atoms with E-state index in [0.717, 1.165) is 13.0 Å². The Hall–Kier alpha value is -0.830. The second-order valence-electron chi connectivity index (χ2n) is 3.17. The molecule has 0 aromatic rings. The fraction of sp³-hybridized carbons (Fsp3) is 0.667. The fourth-order valence-corrected chi connectivity index (χ4v) is 1.46. The summed E-state index contributed by atoms with van der Waals surface area (Å²) in [5.41, 5.74) is 0. The van der Waals surface area contributed by atoms with E-state index in [-0.39, 0.29) is 12.5 Å². The molecule has 0 radical (unpaired) electrons. The summed E-state index contributed by atoms with van der Waals surface area (Å²) in [6.07, 6.45) is 2.96. The molecular weight excluding hydrogens is 154 g/mol. The molecule has 3 nitrogen and oxygen atoms in total. The summed E-state index contributed by atoms with van der Waals surface area (Å²) in [6.45, 7) is 5.21. The maximum atomic E-state index is 11.3. The molecule has 1 N–H and O–H groups in total. The monoisotopic (exact) mass is 169 g/mol. The van der Waals surface area contributed by atoms with Crippen molar-refractivity contribution < 1.29 is 9.90 Å². The van der Waals surface area contributed by atoms with Crippen molar-refractivity contribution in [3.8, 4) is 0 Å². The van der Waals surface area contributed by atoms with Crippen LogP contribution in [0.5, 0.6) is 0 Å². The molecule has 1 aliphatic heterocycles. The predicted octanol–water partition coefficient (Wildman–Crippen LogP) is 0.403. The van der Waals surface area contributed by atoms with Crippen molar-refractivity contribution in [2.75, 3.05) is 19.7 Å². The van der Waals surface area contributed by atoms with Crippen LogP contribution in [-0.4, -0.2) is 35.6 Å². The highest BCUT2D eigenvalue weighted by Crippen LogP contribution is 2.15. The lowest BCUT2D eigenvalue weighted by Crippen LogP contribution is -2.28. The first-order valence-electron chi connectivity index (χ1n) is 4.27. The molecule has 0 aliphatic carbocycles. The van der Waals surface area contributed by atoms with E-state index in [0.29, 0.717) is 18.9 Å². The second kappa shape index (κ2) is 4.26. The van der Waals surface area contributed by atoms with E-state index < -0.39 is 0 Å². The maximum absolute atomic E-state index is 11.3. The Balaban J connectivity index is 2.35. The van der Waals surface area contributed by atoms with Crippen LogP contribution >= 0.6 is 0 Å². The highest BCUT2D eigenvalue weighted by atomic mass is 16.3. The number of hydrogen-bond donors (Lipinski definition) is 1. The van der Waals surface area contributed by atoms with E-state index in [1.165, 1.54) is 0 Å². The number of carbonyl (C=O) groups excluding carboxylic acids is 1. The van der Waals surface area contributed by atoms with Gasteiger partial charge in [-0.25, -0.2) is 0 Å². The second-order valence-corrected chi connectivity index (χ2v) is 3.17. The van der Waals surface area contributed by atoms with Gasteiger partial charge in [0.05, 0.1) is 0 Å². The van der Waals surface area contributed by atoms with Gasteiger partial charge in [-0.3, -0.25) is 4.79 Å². The number of nitrogens with zero attached hydrogens (tertiary/aromatic N) is 1. The van der Waals surface area contributed by atoms with Gasteiger partial charge in [0.2, 0.25) is 5.91 Å². The lowest BCUT2D eigenvalue weighted by molar-refractivity contribution is -0.129. The number of amides is 1. The minimum Gasteiger partial charge on any atom is -0.396 e. The minimum atomic E-state index is 0.126. The molecule has 1 saturated heterocycles. The van der Waals surface area contributed by atoms with E-state index in [4.69, 9.17) is 5.11 Å². The number of aliphatic hydroxyl groups is 1. The van der Waals surface area contributed by atoms with Crippen molar-refractivity contribution in [3.63, 3.8) is 0 Å². The van der Waals surface area contributed by atoms with E-state index in [1.807, 2.05) is 0 Å². The average molecular weight is 169 g/mol. The van der Waals surface area contributed by atoms with Crippen LogP contribution in [0.15, 0.2) is 12.7 Å². The standard InChI is InChI=1S/C9H15NO2/c1-2-3-9(12)10-5-4-8(6-10)7-11/h2,8,11H,1,3-7H2. The molecule has 1 aliphatic rings. The number of carbonyl (C=O) groups is 1. The molecule has 0 saturated carbocycles. The van der Waals surface area contributed by atoms with Crippen molar-refractivity contribution in [3.05, 3.63) is 12.7 Å². The lowest BCUT2D eigenvalue weighted by atomic mass is 10.1. The largest absolute Gasteiger partial charge is 0.396 e. The summed E-state index contributed by atoms with van der Waals surface area (Å²) >= 11 is 0. The van der Waals surface area contributed by atoms with Gasteiger partial charge in [-0.1, -0.05) is 6.08 Å². The number of hydrogen-bond acceptors (Lipinski definition) is 2. The first kappa shape index (κ1) is 9.26. The minimum absolute atomic E-state index is 0.126. The Morgan fingerprint density at radius 1 is 1.75 bits per heavy atom. The molecule has 0 aromatic heterocycles. The van der Waals surface area contributed by atoms with Crippen molar-refractivity contribution >= 4 is 5.91 Å². The molecule has 0 bridgehead atoms. The fourth-order valence-electron chi connectivity index (χ4n) is 1.46. The first-order valence-corrected chi connectivity index (χ1v) is 4.27. The zero-order valence-corrected chi connectivity index (χ0v) is 7.20. The van der Waals surface area contributed by atoms with Crippen molar-refractivity contribution in [2.24, 2.45) is 5.92 Å². The lowest BCUT2D eigenvalue weighted by Gasteiger charge is -2.14. The SMILES string of the molecule is C=CCC(=O)N1CCC(CO)C1. The smallest absolute Gasteiger partial charge is 0.226 e. The summed E-state index contributed by atoms with van der Waals surface area (Å²) in [5, 5.41) is 8.84. The topological polar surface area (TPSA) is 40.5 Å². The molecule has 0 aromatic carbocycles. The molecule has 1 atom stereocenters. The number of aliphatic hydroxyl groups excluding tert-OH is 1. The van der Waals surface area contributed by atoms with Crippen molar-refractivity contribution in [1.29, 1.82) is 0 Å². The van der Waals surface area contributed by atoms with Crippen LogP contribution in [0.25, 0.3) is 0 Å². The van der Waals surface area contributed by atoms with Crippen LogP contribution in [-0.2, 0) is 4.79 Å². The zero-order valence-electron chi connectivity index (χ0n) is 7.20. The van der Waals surface area contributed by atoms with Crippen LogP contribution < -0.4 is 0 Å². The highest BCUT2D eigenvalue weighted by Gasteiger charge is 2.24. The molecule has 68 valence electrons. The molecular formula is C9H15NO2. The Bertz CT molecular complexity index is 179. The Morgan fingerprint density at radius 3 is 3.00 bits per heavy atom. The van der Waals surface area contributed by atoms with Gasteiger partial charge in [0.15, 0.2) is 0 Å². The summed E-state index contributed by atoms with van der Waals surface area (Å²) in [4.78, 5) is 13.1. The molecule has 3 heteroatoms. The van der Waals surface area contributed by atoms with Gasteiger partial charge in [0, 0.05) is 32.0 Å². The van der Waals surface area contributed by atoms with Gasteiger partial charge < -0.3 is 10.0 Å². The van der Waals surface area contributed by atoms with Crippen LogP contribution in [0, 0.1) is 5.92 Å². The van der Waals surface area contributed by atoms with E-state index in [9.17, 15) is 4.79 Å². The number of rotatable bonds is 3. The molecule has 1 rings (SSSR count). The normalized spacial score (nSPS) is 22.8. The molecule has 1 unspecified atom stereocenters. The third-order valence-corrected chi connectivity index (χ3v) is 2.22. The average Bonchev–Trinajstić information content (AvgIpc) is 2.52. The van der Waals surface area contributed by atoms with E-state index in [2.05, 4.69) is 6.58 Å². The zero-order chi connectivity index (χ0) is 8.97. The van der Waals surface area contributed by atoms with Gasteiger partial charge in [-0.2, -0.15) is 0 Å². The van der Waals surface area contributed by atoms with Crippen molar-refractivity contribution in [1.82, 2.24) is 4.90 Å². The summed E-state index contributed by atoms with van der Waals surface area (Å²) in [7, 11) is 0. The van der Waals surface area contributed by atoms with Gasteiger partial charge in [-0.05, 0) is 6.42 Å². The third-order valence-electron chi connectivity index (χ3n) is 2.22. The molecule has 1 heterocycles. The summed E-state index contributed by atoms with van der Waals surface area (Å²) in [6, 6.07) is 0. The summed E-state index contributed by atoms with van der Waals surface area (Å²) < 4.78 is 0. The summed E-state index contributed by atoms with van der Waals surface area (Å²) in [5.74, 6) is 0.416. The van der Waals surface area contributed by atoms with Gasteiger partial charge in [0.1, 0.15) is 0 Å². The Morgan fingerprint density at radius 2 is 2.50 bits per heavy atom. The van der Waals surface area contributed by atoms with Gasteiger partial charge in [0.25, 0.3) is 0 Å². The van der Waals surface area contributed by atoms with E-state index in [1.54, 1.807) is 11.0 Å². The van der Waals surface area contributed by atoms with E-state index >= 15 is 0 Å². The van der Waals surface area contributed by atoms with Crippen LogP contribution in [0.3, 0.4) is 0 Å². The first-order chi connectivity index (χ1) is 5.77. The Kier molecular flexibility index (Phi) is 3.29. The quantitative estimate of drug-likeness (QED) is 0.621. The van der Waals surface area contributed by atoms with Gasteiger partial charge in [-0.15, -0.1) is 6.58 Å². The molecule has 1 amide bonds. The maximum Gasteiger partial charge on any atom is 0.226 e. The molecule has 1 fully saturated rings. The number of likely N-dealkylation sites (tertiary alicyclic amines) is 1. The highest BCUT2D eigenvalue weighted by molar-refractivity contribution is 5.77. The molecule has 12 heavy (non-hydrogen) atoms. The van der Waals surface area contributed by atoms with Gasteiger partial charge >= 0.3 is 0 Å². The van der Waals surface area contributed by atoms with Crippen molar-refractivity contribution in [2.45, 2.75) is 12.8 Å². The van der Waals surface area contributed by atoms with Crippen LogP contribution in [0.1, 0.15) is 12.8 Å². The molecule has 0 spiro atoms. The van der Waals surface area contributed by atoms with Crippen LogP contribution in [0.2, 0.25) is 0 Å². The third kappa shape index (κ3) is 2.08. The Labute approximate surface area is 72.7 Å². The van der Waals surface area contributed by atoms with Crippen LogP contribution in [0.4, 0.5) is 0 Å². The predicted molar refractivity (Wildman–Crippen MR) is 46.6 cm³/mol.